The summed E-state index contributed by atoms with van der Waals surface area (Å²) in [7, 11) is 0. The van der Waals surface area contributed by atoms with Gasteiger partial charge in [0.2, 0.25) is 5.91 Å². The van der Waals surface area contributed by atoms with E-state index in [-0.39, 0.29) is 11.9 Å². The predicted octanol–water partition coefficient (Wildman–Crippen LogP) is 3.01. The van der Waals surface area contributed by atoms with Crippen LogP contribution >= 0.6 is 22.6 Å². The summed E-state index contributed by atoms with van der Waals surface area (Å²) in [4.78, 5) is 11.6. The van der Waals surface area contributed by atoms with Gasteiger partial charge in [-0.25, -0.2) is 0 Å². The number of nitrogens with one attached hydrogen (secondary N) is 2. The van der Waals surface area contributed by atoms with Crippen molar-refractivity contribution >= 4 is 34.2 Å². The Morgan fingerprint density at radius 3 is 2.76 bits per heavy atom. The summed E-state index contributed by atoms with van der Waals surface area (Å²) in [5.41, 5.74) is 1.01. The molecule has 0 aromatic heterocycles. The number of carbonyl (C=O) groups is 1. The predicted molar refractivity (Wildman–Crippen MR) is 80.2 cm³/mol. The summed E-state index contributed by atoms with van der Waals surface area (Å²) in [6.45, 7) is 4.48. The zero-order valence-corrected chi connectivity index (χ0v) is 12.5. The Hall–Kier alpha value is -0.780. The Balaban J connectivity index is 2.36. The number of halogens is 1. The van der Waals surface area contributed by atoms with Crippen molar-refractivity contribution in [2.45, 2.75) is 32.7 Å². The van der Waals surface area contributed by atoms with Gasteiger partial charge in [0, 0.05) is 15.3 Å². The standard InChI is InChI=1S/C13H19IN2O/c1-3-6-10(2)16-13(17)9-15-12-8-5-4-7-11(12)14/h4-5,7-8,10,15H,3,6,9H2,1-2H3,(H,16,17). The highest BCUT2D eigenvalue weighted by molar-refractivity contribution is 14.1. The summed E-state index contributed by atoms with van der Waals surface area (Å²) in [6.07, 6.45) is 2.11. The van der Waals surface area contributed by atoms with E-state index >= 15 is 0 Å². The monoisotopic (exact) mass is 346 g/mol. The van der Waals surface area contributed by atoms with Gasteiger partial charge in [0.1, 0.15) is 0 Å². The van der Waals surface area contributed by atoms with Crippen LogP contribution in [0.2, 0.25) is 0 Å². The highest BCUT2D eigenvalue weighted by Crippen LogP contribution is 2.16. The molecule has 4 heteroatoms. The summed E-state index contributed by atoms with van der Waals surface area (Å²) in [5.74, 6) is 0.0469. The number of para-hydroxylation sites is 1. The topological polar surface area (TPSA) is 41.1 Å². The molecule has 0 heterocycles. The minimum Gasteiger partial charge on any atom is -0.375 e. The molecule has 17 heavy (non-hydrogen) atoms. The minimum absolute atomic E-state index is 0.0469. The maximum atomic E-state index is 11.6. The van der Waals surface area contributed by atoms with E-state index in [1.165, 1.54) is 0 Å². The fourth-order valence-electron chi connectivity index (χ4n) is 1.61. The number of amides is 1. The van der Waals surface area contributed by atoms with Crippen molar-refractivity contribution in [1.29, 1.82) is 0 Å². The first-order valence-corrected chi connectivity index (χ1v) is 6.99. The molecule has 0 saturated carbocycles. The summed E-state index contributed by atoms with van der Waals surface area (Å²) in [6, 6.07) is 8.19. The van der Waals surface area contributed by atoms with Crippen LogP contribution in [-0.2, 0) is 4.79 Å². The molecule has 0 spiro atoms. The SMILES string of the molecule is CCCC(C)NC(=O)CNc1ccccc1I. The Morgan fingerprint density at radius 2 is 2.12 bits per heavy atom. The van der Waals surface area contributed by atoms with Gasteiger partial charge in [-0.2, -0.15) is 0 Å². The van der Waals surface area contributed by atoms with Crippen LogP contribution in [0, 0.1) is 3.57 Å². The highest BCUT2D eigenvalue weighted by Gasteiger charge is 2.06. The smallest absolute Gasteiger partial charge is 0.239 e. The average molecular weight is 346 g/mol. The van der Waals surface area contributed by atoms with Crippen LogP contribution in [0.15, 0.2) is 24.3 Å². The van der Waals surface area contributed by atoms with Crippen LogP contribution in [0.5, 0.6) is 0 Å². The largest absolute Gasteiger partial charge is 0.375 e. The summed E-state index contributed by atoms with van der Waals surface area (Å²) < 4.78 is 1.12. The first-order chi connectivity index (χ1) is 8.13. The molecule has 0 saturated heterocycles. The molecule has 0 aliphatic heterocycles. The van der Waals surface area contributed by atoms with E-state index < -0.39 is 0 Å². The van der Waals surface area contributed by atoms with Gasteiger partial charge in [-0.3, -0.25) is 4.79 Å². The number of carbonyl (C=O) groups excluding carboxylic acids is 1. The highest BCUT2D eigenvalue weighted by atomic mass is 127. The van der Waals surface area contributed by atoms with E-state index in [0.29, 0.717) is 6.54 Å². The molecule has 3 nitrogen and oxygen atoms in total. The van der Waals surface area contributed by atoms with Crippen molar-refractivity contribution in [3.63, 3.8) is 0 Å². The lowest BCUT2D eigenvalue weighted by Crippen LogP contribution is -2.36. The first-order valence-electron chi connectivity index (χ1n) is 5.91. The van der Waals surface area contributed by atoms with Crippen LogP contribution in [0.3, 0.4) is 0 Å². The molecule has 0 aliphatic carbocycles. The lowest BCUT2D eigenvalue weighted by molar-refractivity contribution is -0.120. The molecular weight excluding hydrogens is 327 g/mol. The van der Waals surface area contributed by atoms with E-state index in [0.717, 1.165) is 22.1 Å². The van der Waals surface area contributed by atoms with Gasteiger partial charge >= 0.3 is 0 Å². The third-order valence-electron chi connectivity index (χ3n) is 2.44. The van der Waals surface area contributed by atoms with Crippen molar-refractivity contribution in [2.75, 3.05) is 11.9 Å². The Bertz CT molecular complexity index is 368. The van der Waals surface area contributed by atoms with Crippen molar-refractivity contribution in [2.24, 2.45) is 0 Å². The van der Waals surface area contributed by atoms with E-state index in [2.05, 4.69) is 40.1 Å². The molecule has 0 bridgehead atoms. The molecule has 2 N–H and O–H groups in total. The fraction of sp³-hybridized carbons (Fsp3) is 0.462. The molecule has 1 aromatic rings. The second-order valence-corrected chi connectivity index (χ2v) is 5.25. The minimum atomic E-state index is 0.0469. The Labute approximate surface area is 117 Å². The van der Waals surface area contributed by atoms with Crippen molar-refractivity contribution in [1.82, 2.24) is 5.32 Å². The van der Waals surface area contributed by atoms with Gasteiger partial charge in [0.05, 0.1) is 6.54 Å². The first kappa shape index (κ1) is 14.3. The molecule has 1 unspecified atom stereocenters. The fourth-order valence-corrected chi connectivity index (χ4v) is 2.19. The van der Waals surface area contributed by atoms with Crippen molar-refractivity contribution < 1.29 is 4.79 Å². The number of anilines is 1. The molecule has 94 valence electrons. The van der Waals surface area contributed by atoms with Crippen LogP contribution in [-0.4, -0.2) is 18.5 Å². The lowest BCUT2D eigenvalue weighted by atomic mass is 10.2. The van der Waals surface area contributed by atoms with Crippen molar-refractivity contribution in [3.05, 3.63) is 27.8 Å². The maximum Gasteiger partial charge on any atom is 0.239 e. The van der Waals surface area contributed by atoms with Crippen molar-refractivity contribution in [3.8, 4) is 0 Å². The second kappa shape index (κ2) is 7.53. The van der Waals surface area contributed by atoms with E-state index in [9.17, 15) is 4.79 Å². The normalized spacial score (nSPS) is 11.9. The molecule has 0 radical (unpaired) electrons. The molecule has 0 aliphatic rings. The van der Waals surface area contributed by atoms with Crippen LogP contribution in [0.25, 0.3) is 0 Å². The zero-order chi connectivity index (χ0) is 12.7. The van der Waals surface area contributed by atoms with Crippen LogP contribution in [0.4, 0.5) is 5.69 Å². The van der Waals surface area contributed by atoms with Crippen LogP contribution < -0.4 is 10.6 Å². The summed E-state index contributed by atoms with van der Waals surface area (Å²) in [5, 5.41) is 6.11. The molecule has 1 amide bonds. The maximum absolute atomic E-state index is 11.6. The van der Waals surface area contributed by atoms with Gasteiger partial charge in [0.15, 0.2) is 0 Å². The van der Waals surface area contributed by atoms with Crippen LogP contribution in [0.1, 0.15) is 26.7 Å². The molecule has 0 fully saturated rings. The molecule has 1 atom stereocenters. The number of hydrogen-bond donors (Lipinski definition) is 2. The molecular formula is C13H19IN2O. The van der Waals surface area contributed by atoms with E-state index in [1.807, 2.05) is 31.2 Å². The number of hydrogen-bond acceptors (Lipinski definition) is 2. The molecule has 1 aromatic carbocycles. The third-order valence-corrected chi connectivity index (χ3v) is 3.38. The van der Waals surface area contributed by atoms with Gasteiger partial charge in [-0.05, 0) is 48.1 Å². The number of rotatable bonds is 6. The average Bonchev–Trinajstić information content (AvgIpc) is 2.28. The van der Waals surface area contributed by atoms with Gasteiger partial charge in [0.25, 0.3) is 0 Å². The number of benzene rings is 1. The third kappa shape index (κ3) is 5.39. The summed E-state index contributed by atoms with van der Waals surface area (Å²) >= 11 is 2.25. The Kier molecular flexibility index (Phi) is 6.32. The Morgan fingerprint density at radius 1 is 1.41 bits per heavy atom. The second-order valence-electron chi connectivity index (χ2n) is 4.09. The van der Waals surface area contributed by atoms with Gasteiger partial charge < -0.3 is 10.6 Å². The quantitative estimate of drug-likeness (QED) is 0.778. The van der Waals surface area contributed by atoms with Gasteiger partial charge in [-0.1, -0.05) is 25.5 Å². The van der Waals surface area contributed by atoms with Gasteiger partial charge in [-0.15, -0.1) is 0 Å². The van der Waals surface area contributed by atoms with E-state index in [1.54, 1.807) is 0 Å². The molecule has 1 rings (SSSR count). The van der Waals surface area contributed by atoms with E-state index in [4.69, 9.17) is 0 Å². The lowest BCUT2D eigenvalue weighted by Gasteiger charge is -2.14. The zero-order valence-electron chi connectivity index (χ0n) is 10.3.